The second-order valence-electron chi connectivity index (χ2n) is 4.79. The molecular formula is C12H27NO3Ti. The number of hydrogen-bond acceptors (Lipinski definition) is 4. The quantitative estimate of drug-likeness (QED) is 0.494. The zero-order valence-corrected chi connectivity index (χ0v) is 13.0. The Morgan fingerprint density at radius 3 is 1.65 bits per heavy atom. The van der Waals surface area contributed by atoms with Crippen LogP contribution in [0.15, 0.2) is 25.3 Å². The van der Waals surface area contributed by atoms with Gasteiger partial charge in [0.2, 0.25) is 0 Å². The molecule has 5 heteroatoms. The molecule has 2 N–H and O–H groups in total. The van der Waals surface area contributed by atoms with E-state index in [-0.39, 0.29) is 0 Å². The van der Waals surface area contributed by atoms with Crippen LogP contribution >= 0.6 is 0 Å². The van der Waals surface area contributed by atoms with Crippen molar-refractivity contribution >= 4 is 0 Å². The van der Waals surface area contributed by atoms with Gasteiger partial charge in [-0.3, -0.25) is 0 Å². The van der Waals surface area contributed by atoms with Crippen LogP contribution in [-0.4, -0.2) is 27.9 Å². The first-order valence-electron chi connectivity index (χ1n) is 5.94. The molecule has 0 saturated carbocycles. The molecule has 0 atom stereocenters. The Balaban J connectivity index is 5.79. The van der Waals surface area contributed by atoms with E-state index in [2.05, 4.69) is 13.2 Å². The van der Waals surface area contributed by atoms with Gasteiger partial charge in [-0.2, -0.15) is 0 Å². The third kappa shape index (κ3) is 2.73. The third-order valence-electron chi connectivity index (χ3n) is 4.21. The van der Waals surface area contributed by atoms with E-state index in [0.29, 0.717) is 20.7 Å². The van der Waals surface area contributed by atoms with E-state index in [1.807, 2.05) is 0 Å². The fourth-order valence-electron chi connectivity index (χ4n) is 2.67. The molecule has 0 radical (unpaired) electrons. The fraction of sp³-hybridized carbons (Fsp3) is 0.667. The first kappa shape index (κ1) is 17.0. The SMILES string of the molecule is C=C[CH2][Ti]([CH2]C=C)([CH2]CCN)([O]C)([O]C)[O]C. The number of rotatable bonds is 10. The van der Waals surface area contributed by atoms with E-state index >= 15 is 0 Å². The van der Waals surface area contributed by atoms with Crippen molar-refractivity contribution in [2.45, 2.75) is 20.6 Å². The predicted octanol–water partition coefficient (Wildman–Crippen LogP) is 2.87. The van der Waals surface area contributed by atoms with Gasteiger partial charge in [0, 0.05) is 0 Å². The van der Waals surface area contributed by atoms with Gasteiger partial charge in [0.25, 0.3) is 0 Å². The Labute approximate surface area is 105 Å². The summed E-state index contributed by atoms with van der Waals surface area (Å²) < 4.78 is 19.7. The summed E-state index contributed by atoms with van der Waals surface area (Å²) in [5.41, 5.74) is 5.62. The third-order valence-corrected chi connectivity index (χ3v) is 16.7. The average molecular weight is 281 g/mol. The summed E-state index contributed by atoms with van der Waals surface area (Å²) in [5.74, 6) is 0. The predicted molar refractivity (Wildman–Crippen MR) is 69.5 cm³/mol. The first-order chi connectivity index (χ1) is 7.97. The molecule has 17 heavy (non-hydrogen) atoms. The van der Waals surface area contributed by atoms with Gasteiger partial charge in [0.05, 0.1) is 0 Å². The van der Waals surface area contributed by atoms with Crippen LogP contribution in [0.2, 0.25) is 14.2 Å². The van der Waals surface area contributed by atoms with E-state index in [1.54, 1.807) is 33.5 Å². The van der Waals surface area contributed by atoms with Gasteiger partial charge in [-0.05, 0) is 0 Å². The van der Waals surface area contributed by atoms with Crippen LogP contribution in [0.5, 0.6) is 0 Å². The Kier molecular flexibility index (Phi) is 5.79. The molecular weight excluding hydrogens is 254 g/mol. The first-order valence-corrected chi connectivity index (χ1v) is 11.2. The summed E-state index contributed by atoms with van der Waals surface area (Å²) in [5, 5.41) is 0. The molecule has 0 aliphatic rings. The van der Waals surface area contributed by atoms with Crippen LogP contribution in [0.3, 0.4) is 0 Å². The molecule has 0 spiro atoms. The minimum absolute atomic E-state index is 0.577. The number of nitrogens with two attached hydrogens (primary N) is 1. The van der Waals surface area contributed by atoms with Crippen molar-refractivity contribution in [3.8, 4) is 0 Å². The van der Waals surface area contributed by atoms with Crippen molar-refractivity contribution in [3.05, 3.63) is 25.3 Å². The summed E-state index contributed by atoms with van der Waals surface area (Å²) in [6.45, 7) is 8.20. The molecule has 0 aliphatic heterocycles. The molecule has 0 bridgehead atoms. The van der Waals surface area contributed by atoms with E-state index in [1.165, 1.54) is 0 Å². The molecule has 0 rings (SSSR count). The van der Waals surface area contributed by atoms with Crippen molar-refractivity contribution in [3.63, 3.8) is 0 Å². The number of allylic oxidation sites excluding steroid dienone is 2. The van der Waals surface area contributed by atoms with Gasteiger partial charge in [-0.15, -0.1) is 0 Å². The summed E-state index contributed by atoms with van der Waals surface area (Å²) in [6.07, 6.45) is 4.41. The summed E-state index contributed by atoms with van der Waals surface area (Å²) >= 11 is -4.53. The van der Waals surface area contributed by atoms with Crippen LogP contribution in [-0.2, 0) is 25.1 Å². The van der Waals surface area contributed by atoms with Gasteiger partial charge in [-0.1, -0.05) is 0 Å². The van der Waals surface area contributed by atoms with Crippen LogP contribution < -0.4 is 5.73 Å². The van der Waals surface area contributed by atoms with Gasteiger partial charge in [0.15, 0.2) is 0 Å². The molecule has 0 saturated heterocycles. The molecule has 4 nitrogen and oxygen atoms in total. The maximum absolute atomic E-state index is 5.94. The van der Waals surface area contributed by atoms with Crippen LogP contribution in [0, 0.1) is 0 Å². The van der Waals surface area contributed by atoms with Gasteiger partial charge in [-0.25, -0.2) is 0 Å². The molecule has 0 aliphatic carbocycles. The topological polar surface area (TPSA) is 53.7 Å². The Morgan fingerprint density at radius 2 is 1.41 bits per heavy atom. The summed E-state index contributed by atoms with van der Waals surface area (Å²) in [7, 11) is 4.96. The summed E-state index contributed by atoms with van der Waals surface area (Å²) in [6, 6.07) is 0. The zero-order chi connectivity index (χ0) is 13.5. The van der Waals surface area contributed by atoms with Crippen molar-refractivity contribution in [2.24, 2.45) is 5.73 Å². The van der Waals surface area contributed by atoms with Crippen LogP contribution in [0.4, 0.5) is 0 Å². The Morgan fingerprint density at radius 1 is 1.00 bits per heavy atom. The van der Waals surface area contributed by atoms with Crippen LogP contribution in [0.1, 0.15) is 6.42 Å². The van der Waals surface area contributed by atoms with E-state index in [4.69, 9.17) is 15.7 Å². The minimum atomic E-state index is -4.53. The molecule has 102 valence electrons. The van der Waals surface area contributed by atoms with Crippen molar-refractivity contribution in [1.82, 2.24) is 0 Å². The Hall–Kier alpha value is 0.0343. The molecule has 0 unspecified atom stereocenters. The second-order valence-corrected chi connectivity index (χ2v) is 15.9. The molecule has 0 fully saturated rings. The molecule has 0 aromatic heterocycles. The standard InChI is InChI=1S/C3H8N.2C3H5.3CH3O.Ti/c1-2-3-4;2*1-3-2;3*1-2;/h1-4H2;2*3H,1-2H2;3*1H3;/q;;;3*-1;+3. The maximum atomic E-state index is 5.94. The molecule has 0 heterocycles. The average Bonchev–Trinajstić information content (AvgIpc) is 2.38. The van der Waals surface area contributed by atoms with Crippen molar-refractivity contribution in [2.75, 3.05) is 27.9 Å². The Bertz CT molecular complexity index is 260. The van der Waals surface area contributed by atoms with Gasteiger partial charge < -0.3 is 0 Å². The van der Waals surface area contributed by atoms with Crippen molar-refractivity contribution in [1.29, 1.82) is 0 Å². The second kappa shape index (κ2) is 5.78. The van der Waals surface area contributed by atoms with E-state index in [9.17, 15) is 0 Å². The van der Waals surface area contributed by atoms with E-state index < -0.39 is 15.2 Å². The van der Waals surface area contributed by atoms with E-state index in [0.717, 1.165) is 6.42 Å². The molecule has 0 amide bonds. The fourth-order valence-corrected chi connectivity index (χ4v) is 11.0. The molecule has 0 aromatic carbocycles. The number of hydrogen-bond donors (Lipinski definition) is 1. The van der Waals surface area contributed by atoms with Crippen LogP contribution in [0.25, 0.3) is 0 Å². The van der Waals surface area contributed by atoms with Gasteiger partial charge in [0.1, 0.15) is 0 Å². The molecule has 0 aromatic rings. The monoisotopic (exact) mass is 281 g/mol. The summed E-state index contributed by atoms with van der Waals surface area (Å²) in [4.78, 5) is 0. The normalized spacial score (nSPS) is 16.0. The van der Waals surface area contributed by atoms with Crippen molar-refractivity contribution < 1.29 is 25.1 Å². The zero-order valence-electron chi connectivity index (χ0n) is 11.4. The van der Waals surface area contributed by atoms with Gasteiger partial charge >= 0.3 is 105 Å².